The number of hydrazone groups is 1. The molecule has 64 heavy (non-hydrogen) atoms. The molecule has 9 atom stereocenters. The molecular formula is C47H57N3O14. The molecular weight excluding hydrogens is 831 g/mol. The molecule has 0 radical (unpaired) electrons. The molecule has 3 heterocycles. The molecule has 17 heteroatoms. The van der Waals surface area contributed by atoms with Crippen LogP contribution in [0.1, 0.15) is 85.9 Å². The van der Waals surface area contributed by atoms with Gasteiger partial charge in [-0.1, -0.05) is 64.1 Å². The van der Waals surface area contributed by atoms with Gasteiger partial charge < -0.3 is 54.9 Å². The number of allylic oxidation sites excluding steroid dienone is 2. The molecule has 3 aliphatic heterocycles. The van der Waals surface area contributed by atoms with Crippen molar-refractivity contribution in [3.05, 3.63) is 88.2 Å². The Morgan fingerprint density at radius 1 is 0.953 bits per heavy atom. The summed E-state index contributed by atoms with van der Waals surface area (Å²) in [5.41, 5.74) is 2.01. The first kappa shape index (κ1) is 48.8. The van der Waals surface area contributed by atoms with Crippen LogP contribution >= 0.6 is 0 Å². The Bertz CT molecular complexity index is 2420. The zero-order chi connectivity index (χ0) is 47.4. The van der Waals surface area contributed by atoms with Gasteiger partial charge in [0.2, 0.25) is 0 Å². The number of nitrogens with zero attached hydrogens (tertiary/aromatic N) is 1. The molecule has 2 amide bonds. The number of anilines is 1. The number of esters is 1. The Morgan fingerprint density at radius 3 is 2.30 bits per heavy atom. The van der Waals surface area contributed by atoms with Crippen LogP contribution in [0, 0.1) is 30.6 Å². The molecule has 3 aromatic carbocycles. The lowest BCUT2D eigenvalue weighted by atomic mass is 9.78. The number of ether oxygens (including phenoxy) is 4. The molecule has 9 unspecified atom stereocenters. The third-order valence-corrected chi connectivity index (χ3v) is 12.0. The van der Waals surface area contributed by atoms with E-state index >= 15 is 0 Å². The fraction of sp³-hybridized carbons (Fsp3) is 0.426. The van der Waals surface area contributed by atoms with Crippen molar-refractivity contribution in [1.29, 1.82) is 0 Å². The number of nitrogens with one attached hydrogen (secondary N) is 2. The molecule has 0 aromatic heterocycles. The number of amides is 2. The number of carbonyl (C=O) groups excluding carboxylic acids is 4. The van der Waals surface area contributed by atoms with Crippen LogP contribution in [-0.2, 0) is 30.2 Å². The minimum atomic E-state index is -2.13. The van der Waals surface area contributed by atoms with Gasteiger partial charge in [-0.3, -0.25) is 19.2 Å². The van der Waals surface area contributed by atoms with Gasteiger partial charge in [-0.2, -0.15) is 5.10 Å². The highest BCUT2D eigenvalue weighted by molar-refractivity contribution is 6.24. The maximum absolute atomic E-state index is 14.5. The van der Waals surface area contributed by atoms with E-state index in [1.165, 1.54) is 59.1 Å². The number of carbonyl (C=O) groups is 4. The van der Waals surface area contributed by atoms with E-state index in [1.807, 2.05) is 0 Å². The van der Waals surface area contributed by atoms with Crippen molar-refractivity contribution in [1.82, 2.24) is 5.43 Å². The van der Waals surface area contributed by atoms with Crippen LogP contribution < -0.4 is 15.5 Å². The third-order valence-electron chi connectivity index (χ3n) is 12.0. The molecule has 0 saturated carbocycles. The average molecular weight is 888 g/mol. The van der Waals surface area contributed by atoms with E-state index in [-0.39, 0.29) is 52.0 Å². The van der Waals surface area contributed by atoms with E-state index < -0.39 is 106 Å². The Labute approximate surface area is 370 Å². The summed E-state index contributed by atoms with van der Waals surface area (Å²) >= 11 is 0. The lowest BCUT2D eigenvalue weighted by Gasteiger charge is -2.38. The molecule has 0 fully saturated rings. The molecule has 6 rings (SSSR count). The SMILES string of the molecule is COC1/C=C/OC2(C)Oc3c(C)c(O)c4c(O)c(c(/C=N\NC(=O)c5ccccc5CCO)c(O)c4c3C2=O)NC(=O)/C(C)=C/C=C/C(C)C(O)C(C)C(O)C(C)C(OC(C)=O)C1C. The summed E-state index contributed by atoms with van der Waals surface area (Å²) in [6.45, 7) is 12.0. The first-order chi connectivity index (χ1) is 30.2. The molecule has 17 nitrogen and oxygen atoms in total. The predicted octanol–water partition coefficient (Wildman–Crippen LogP) is 5.05. The van der Waals surface area contributed by atoms with E-state index in [9.17, 15) is 49.8 Å². The Kier molecular flexibility index (Phi) is 15.3. The molecule has 8 N–H and O–H groups in total. The van der Waals surface area contributed by atoms with E-state index in [1.54, 1.807) is 52.0 Å². The van der Waals surface area contributed by atoms with Crippen molar-refractivity contribution in [2.75, 3.05) is 19.0 Å². The molecule has 0 aliphatic carbocycles. The van der Waals surface area contributed by atoms with Crippen LogP contribution in [0.5, 0.6) is 23.0 Å². The van der Waals surface area contributed by atoms with Gasteiger partial charge in [0, 0.05) is 73.3 Å². The van der Waals surface area contributed by atoms with Crippen molar-refractivity contribution in [2.24, 2.45) is 28.8 Å². The monoisotopic (exact) mass is 887 g/mol. The van der Waals surface area contributed by atoms with Gasteiger partial charge in [-0.15, -0.1) is 0 Å². The Balaban J connectivity index is 1.70. The highest BCUT2D eigenvalue weighted by Gasteiger charge is 2.50. The van der Waals surface area contributed by atoms with E-state index in [0.717, 1.165) is 12.5 Å². The number of benzene rings is 3. The number of aliphatic hydroxyl groups excluding tert-OH is 3. The molecule has 3 aliphatic rings. The largest absolute Gasteiger partial charge is 0.507 e. The highest BCUT2D eigenvalue weighted by Crippen LogP contribution is 2.55. The quantitative estimate of drug-likeness (QED) is 0.0508. The zero-order valence-corrected chi connectivity index (χ0v) is 37.2. The third kappa shape index (κ3) is 9.62. The number of aromatic hydroxyl groups is 3. The van der Waals surface area contributed by atoms with Gasteiger partial charge in [0.15, 0.2) is 5.75 Å². The number of aliphatic hydroxyl groups is 3. The number of Topliss-reactive ketones (excluding diaryl/α,β-unsaturated/α-hetero) is 1. The normalized spacial score (nSPS) is 28.5. The van der Waals surface area contributed by atoms with Crippen molar-refractivity contribution in [2.45, 2.75) is 92.0 Å². The maximum atomic E-state index is 14.5. The molecule has 5 bridgehead atoms. The smallest absolute Gasteiger partial charge is 0.312 e. The van der Waals surface area contributed by atoms with Crippen molar-refractivity contribution in [3.8, 4) is 23.0 Å². The van der Waals surface area contributed by atoms with Crippen LogP contribution in [0.4, 0.5) is 5.69 Å². The Hall–Kier alpha value is -6.27. The fourth-order valence-electron chi connectivity index (χ4n) is 8.17. The van der Waals surface area contributed by atoms with Crippen molar-refractivity contribution >= 4 is 46.2 Å². The predicted molar refractivity (Wildman–Crippen MR) is 236 cm³/mol. The second-order valence-corrected chi connectivity index (χ2v) is 16.4. The van der Waals surface area contributed by atoms with Gasteiger partial charge in [-0.05, 0) is 38.0 Å². The second-order valence-electron chi connectivity index (χ2n) is 16.4. The van der Waals surface area contributed by atoms with E-state index in [0.29, 0.717) is 5.56 Å². The Morgan fingerprint density at radius 2 is 1.64 bits per heavy atom. The van der Waals surface area contributed by atoms with Gasteiger partial charge in [0.1, 0.15) is 23.4 Å². The van der Waals surface area contributed by atoms with Gasteiger partial charge in [0.05, 0.1) is 53.0 Å². The zero-order valence-electron chi connectivity index (χ0n) is 37.2. The summed E-state index contributed by atoms with van der Waals surface area (Å²) in [6.07, 6.45) is 4.25. The molecule has 3 aromatic rings. The van der Waals surface area contributed by atoms with Crippen LogP contribution in [0.2, 0.25) is 0 Å². The summed E-state index contributed by atoms with van der Waals surface area (Å²) in [5.74, 6) is -10.0. The molecule has 0 spiro atoms. The first-order valence-corrected chi connectivity index (χ1v) is 20.8. The lowest BCUT2D eigenvalue weighted by molar-refractivity contribution is -0.160. The summed E-state index contributed by atoms with van der Waals surface area (Å²) < 4.78 is 23.5. The van der Waals surface area contributed by atoms with E-state index in [2.05, 4.69) is 15.8 Å². The average Bonchev–Trinajstić information content (AvgIpc) is 3.53. The summed E-state index contributed by atoms with van der Waals surface area (Å²) in [4.78, 5) is 53.9. The van der Waals surface area contributed by atoms with Crippen LogP contribution in [0.3, 0.4) is 0 Å². The fourth-order valence-corrected chi connectivity index (χ4v) is 8.17. The highest BCUT2D eigenvalue weighted by atomic mass is 16.7. The number of ketones is 1. The number of hydrogen-bond donors (Lipinski definition) is 8. The summed E-state index contributed by atoms with van der Waals surface area (Å²) in [7, 11) is 1.41. The first-order valence-electron chi connectivity index (χ1n) is 20.8. The van der Waals surface area contributed by atoms with Gasteiger partial charge >= 0.3 is 11.8 Å². The van der Waals surface area contributed by atoms with Crippen LogP contribution in [0.25, 0.3) is 10.8 Å². The topological polar surface area (TPSA) is 263 Å². The number of fused-ring (bicyclic) bond motifs is 14. The maximum Gasteiger partial charge on any atom is 0.312 e. The number of hydrogen-bond acceptors (Lipinski definition) is 15. The van der Waals surface area contributed by atoms with Gasteiger partial charge in [-0.25, -0.2) is 5.43 Å². The van der Waals surface area contributed by atoms with E-state index in [4.69, 9.17) is 18.9 Å². The standard InChI is InChI=1S/C47H57N3O14/c1-22-13-12-14-23(2)45(59)49-36-31(21-48-50-46(60)30-16-11-10-15-29(30)17-19-51)40(56)33-34(41(36)57)39(55)27(6)43-35(33)44(58)47(8,64-43)62-20-18-32(61-9)24(3)42(63-28(7)52)26(5)38(54)25(4)37(22)53/h10-16,18,20-22,24-26,32,37-38,42,51,53-57H,17,19H2,1-9H3,(H,49,59)(H,50,60)/b13-12+,20-18+,23-14+,48-21-. The van der Waals surface area contributed by atoms with Gasteiger partial charge in [0.25, 0.3) is 17.6 Å². The molecule has 0 saturated heterocycles. The minimum Gasteiger partial charge on any atom is -0.507 e. The van der Waals surface area contributed by atoms with Crippen molar-refractivity contribution < 1.29 is 68.8 Å². The summed E-state index contributed by atoms with van der Waals surface area (Å²) in [5, 5.41) is 73.8. The van der Waals surface area contributed by atoms with Crippen LogP contribution in [-0.4, -0.2) is 104 Å². The number of phenolic OH excluding ortho intramolecular Hbond substituents is 3. The minimum absolute atomic E-state index is 0.0215. The number of phenols is 3. The van der Waals surface area contributed by atoms with Crippen molar-refractivity contribution in [3.63, 3.8) is 0 Å². The molecule has 344 valence electrons. The number of rotatable bonds is 7. The number of methoxy groups -OCH3 is 1. The second kappa shape index (κ2) is 20.1. The lowest BCUT2D eigenvalue weighted by Crippen LogP contribution is -2.46. The van der Waals surface area contributed by atoms with Crippen LogP contribution in [0.15, 0.2) is 65.5 Å². The summed E-state index contributed by atoms with van der Waals surface area (Å²) in [6, 6.07) is 6.50.